The van der Waals surface area contributed by atoms with Crippen molar-refractivity contribution in [1.82, 2.24) is 4.90 Å². The van der Waals surface area contributed by atoms with Crippen LogP contribution in [0.3, 0.4) is 0 Å². The Labute approximate surface area is 185 Å². The Balaban J connectivity index is 1.76. The van der Waals surface area contributed by atoms with Crippen molar-refractivity contribution in [2.75, 3.05) is 43.0 Å². The van der Waals surface area contributed by atoms with Gasteiger partial charge >= 0.3 is 5.97 Å². The Morgan fingerprint density at radius 1 is 1.00 bits per heavy atom. The lowest BCUT2D eigenvalue weighted by Gasteiger charge is -2.37. The monoisotopic (exact) mass is 423 g/mol. The van der Waals surface area contributed by atoms with E-state index in [2.05, 4.69) is 39.4 Å². The summed E-state index contributed by atoms with van der Waals surface area (Å²) in [6, 6.07) is 15.9. The van der Waals surface area contributed by atoms with Crippen LogP contribution < -0.4 is 10.2 Å². The van der Waals surface area contributed by atoms with Crippen LogP contribution >= 0.6 is 0 Å². The van der Waals surface area contributed by atoms with Crippen molar-refractivity contribution >= 4 is 23.3 Å². The van der Waals surface area contributed by atoms with Gasteiger partial charge in [0, 0.05) is 38.1 Å². The van der Waals surface area contributed by atoms with Crippen LogP contribution in [0.25, 0.3) is 0 Å². The molecule has 1 saturated heterocycles. The van der Waals surface area contributed by atoms with Gasteiger partial charge in [-0.05, 0) is 30.7 Å². The van der Waals surface area contributed by atoms with Crippen LogP contribution in [0.5, 0.6) is 0 Å². The zero-order valence-electron chi connectivity index (χ0n) is 19.0. The Hall–Kier alpha value is -2.86. The first kappa shape index (κ1) is 22.8. The normalized spacial score (nSPS) is 14.9. The second-order valence-electron chi connectivity index (χ2n) is 8.91. The Morgan fingerprint density at radius 3 is 2.29 bits per heavy atom. The summed E-state index contributed by atoms with van der Waals surface area (Å²) < 4.78 is 5.14. The molecule has 1 aliphatic rings. The molecule has 0 aromatic heterocycles. The molecular weight excluding hydrogens is 390 g/mol. The van der Waals surface area contributed by atoms with Gasteiger partial charge in [0.1, 0.15) is 0 Å². The first-order valence-corrected chi connectivity index (χ1v) is 10.9. The molecule has 2 aromatic carbocycles. The smallest absolute Gasteiger partial charge is 0.338 e. The molecule has 1 aliphatic heterocycles. The predicted octanol–water partition coefficient (Wildman–Crippen LogP) is 4.17. The molecule has 0 unspecified atom stereocenters. The topological polar surface area (TPSA) is 61.9 Å². The molecule has 6 heteroatoms. The second kappa shape index (κ2) is 9.96. The van der Waals surface area contributed by atoms with Gasteiger partial charge in [-0.3, -0.25) is 9.69 Å². The number of ether oxygens (including phenoxy) is 1. The quantitative estimate of drug-likeness (QED) is 0.707. The Morgan fingerprint density at radius 2 is 1.68 bits per heavy atom. The number of rotatable bonds is 6. The number of esters is 1. The molecule has 1 fully saturated rings. The van der Waals surface area contributed by atoms with Crippen molar-refractivity contribution in [1.29, 1.82) is 0 Å². The third-order valence-electron chi connectivity index (χ3n) is 5.40. The Bertz CT molecular complexity index is 898. The highest BCUT2D eigenvalue weighted by molar-refractivity contribution is 6.00. The molecule has 6 nitrogen and oxygen atoms in total. The molecule has 1 N–H and O–H groups in total. The first-order chi connectivity index (χ1) is 14.8. The lowest BCUT2D eigenvalue weighted by atomic mass is 9.95. The molecule has 31 heavy (non-hydrogen) atoms. The lowest BCUT2D eigenvalue weighted by Crippen LogP contribution is -2.46. The minimum atomic E-state index is -0.536. The van der Waals surface area contributed by atoms with Crippen molar-refractivity contribution in [3.63, 3.8) is 0 Å². The zero-order valence-corrected chi connectivity index (χ0v) is 19.0. The standard InChI is InChI=1S/C25H33N3O3/c1-5-31-23(29)20-11-12-22(21(17-20)26-24(30)25(2,3)4)28-15-13-27(14-16-28)18-19-9-7-6-8-10-19/h6-12,17H,5,13-16,18H2,1-4H3,(H,26,30). The molecule has 0 radical (unpaired) electrons. The summed E-state index contributed by atoms with van der Waals surface area (Å²) in [5.74, 6) is -0.467. The van der Waals surface area contributed by atoms with Gasteiger partial charge in [0.05, 0.1) is 23.5 Å². The van der Waals surface area contributed by atoms with Crippen LogP contribution in [0, 0.1) is 5.41 Å². The van der Waals surface area contributed by atoms with Crippen LogP contribution in [0.4, 0.5) is 11.4 Å². The van der Waals surface area contributed by atoms with E-state index in [-0.39, 0.29) is 11.9 Å². The number of benzene rings is 2. The molecule has 1 amide bonds. The van der Waals surface area contributed by atoms with E-state index in [0.29, 0.717) is 17.9 Å². The first-order valence-electron chi connectivity index (χ1n) is 10.9. The van der Waals surface area contributed by atoms with E-state index >= 15 is 0 Å². The average Bonchev–Trinajstić information content (AvgIpc) is 2.74. The molecule has 0 bridgehead atoms. The number of anilines is 2. The van der Waals surface area contributed by atoms with E-state index < -0.39 is 5.41 Å². The highest BCUT2D eigenvalue weighted by atomic mass is 16.5. The summed E-state index contributed by atoms with van der Waals surface area (Å²) in [5.41, 5.74) is 2.81. The molecule has 0 saturated carbocycles. The fourth-order valence-electron chi connectivity index (χ4n) is 3.55. The van der Waals surface area contributed by atoms with E-state index in [1.54, 1.807) is 19.1 Å². The fraction of sp³-hybridized carbons (Fsp3) is 0.440. The maximum Gasteiger partial charge on any atom is 0.338 e. The average molecular weight is 424 g/mol. The fourth-order valence-corrected chi connectivity index (χ4v) is 3.55. The summed E-state index contributed by atoms with van der Waals surface area (Å²) in [6.07, 6.45) is 0. The van der Waals surface area contributed by atoms with Gasteiger partial charge in [0.2, 0.25) is 5.91 Å². The molecule has 0 spiro atoms. The SMILES string of the molecule is CCOC(=O)c1ccc(N2CCN(Cc3ccccc3)CC2)c(NC(=O)C(C)(C)C)c1. The van der Waals surface area contributed by atoms with Crippen molar-refractivity contribution < 1.29 is 14.3 Å². The third-order valence-corrected chi connectivity index (χ3v) is 5.40. The molecule has 2 aromatic rings. The van der Waals surface area contributed by atoms with E-state index in [1.165, 1.54) is 5.56 Å². The highest BCUT2D eigenvalue weighted by Gasteiger charge is 2.25. The second-order valence-corrected chi connectivity index (χ2v) is 8.91. The van der Waals surface area contributed by atoms with Crippen LogP contribution in [0.15, 0.2) is 48.5 Å². The summed E-state index contributed by atoms with van der Waals surface area (Å²) in [4.78, 5) is 29.6. The maximum absolute atomic E-state index is 12.7. The van der Waals surface area contributed by atoms with E-state index in [9.17, 15) is 9.59 Å². The number of nitrogens with one attached hydrogen (secondary N) is 1. The van der Waals surface area contributed by atoms with Gasteiger partial charge in [0.25, 0.3) is 0 Å². The van der Waals surface area contributed by atoms with Crippen LogP contribution in [-0.4, -0.2) is 49.6 Å². The molecule has 0 aliphatic carbocycles. The molecule has 0 atom stereocenters. The highest BCUT2D eigenvalue weighted by Crippen LogP contribution is 2.30. The van der Waals surface area contributed by atoms with Crippen molar-refractivity contribution in [2.45, 2.75) is 34.2 Å². The van der Waals surface area contributed by atoms with Crippen molar-refractivity contribution in [2.24, 2.45) is 5.41 Å². The van der Waals surface area contributed by atoms with Crippen LogP contribution in [0.1, 0.15) is 43.6 Å². The van der Waals surface area contributed by atoms with Gasteiger partial charge in [-0.15, -0.1) is 0 Å². The minimum Gasteiger partial charge on any atom is -0.462 e. The minimum absolute atomic E-state index is 0.0857. The number of piperazine rings is 1. The van der Waals surface area contributed by atoms with E-state index in [1.807, 2.05) is 32.9 Å². The number of carbonyl (C=O) groups excluding carboxylic acids is 2. The molecule has 1 heterocycles. The number of hydrogen-bond acceptors (Lipinski definition) is 5. The molecular formula is C25H33N3O3. The summed E-state index contributed by atoms with van der Waals surface area (Å²) in [6.45, 7) is 12.2. The molecule has 166 valence electrons. The third kappa shape index (κ3) is 6.07. The van der Waals surface area contributed by atoms with Gasteiger partial charge in [-0.25, -0.2) is 4.79 Å². The lowest BCUT2D eigenvalue weighted by molar-refractivity contribution is -0.123. The number of amides is 1. The van der Waals surface area contributed by atoms with Gasteiger partial charge in [0.15, 0.2) is 0 Å². The van der Waals surface area contributed by atoms with Gasteiger partial charge in [-0.1, -0.05) is 51.1 Å². The summed E-state index contributed by atoms with van der Waals surface area (Å²) in [7, 11) is 0. The van der Waals surface area contributed by atoms with Crippen LogP contribution in [-0.2, 0) is 16.1 Å². The van der Waals surface area contributed by atoms with Gasteiger partial charge in [-0.2, -0.15) is 0 Å². The number of nitrogens with zero attached hydrogens (tertiary/aromatic N) is 2. The molecule has 3 rings (SSSR count). The zero-order chi connectivity index (χ0) is 22.4. The summed E-state index contributed by atoms with van der Waals surface area (Å²) >= 11 is 0. The largest absolute Gasteiger partial charge is 0.462 e. The maximum atomic E-state index is 12.7. The number of carbonyl (C=O) groups is 2. The van der Waals surface area contributed by atoms with E-state index in [4.69, 9.17) is 4.74 Å². The summed E-state index contributed by atoms with van der Waals surface area (Å²) in [5, 5.41) is 3.03. The van der Waals surface area contributed by atoms with Crippen molar-refractivity contribution in [3.8, 4) is 0 Å². The van der Waals surface area contributed by atoms with Crippen molar-refractivity contribution in [3.05, 3.63) is 59.7 Å². The Kier molecular flexibility index (Phi) is 7.33. The van der Waals surface area contributed by atoms with E-state index in [0.717, 1.165) is 38.4 Å². The van der Waals surface area contributed by atoms with Gasteiger partial charge < -0.3 is 15.0 Å². The predicted molar refractivity (Wildman–Crippen MR) is 124 cm³/mol. The van der Waals surface area contributed by atoms with Crippen LogP contribution in [0.2, 0.25) is 0 Å². The number of hydrogen-bond donors (Lipinski definition) is 1.